The summed E-state index contributed by atoms with van der Waals surface area (Å²) >= 11 is 0. The first kappa shape index (κ1) is 9.54. The second-order valence-electron chi connectivity index (χ2n) is 4.27. The van der Waals surface area contributed by atoms with Crippen LogP contribution in [-0.2, 0) is 5.54 Å². The van der Waals surface area contributed by atoms with E-state index in [9.17, 15) is 0 Å². The van der Waals surface area contributed by atoms with Crippen LogP contribution in [0.4, 0.5) is 0 Å². The van der Waals surface area contributed by atoms with Crippen LogP contribution in [0.2, 0.25) is 0 Å². The number of nitrogens with zero attached hydrogens (tertiary/aromatic N) is 2. The lowest BCUT2D eigenvalue weighted by atomic mass is 10.2. The second kappa shape index (κ2) is 3.15. The number of aromatic nitrogens is 2. The summed E-state index contributed by atoms with van der Waals surface area (Å²) in [5.41, 5.74) is 6.68. The van der Waals surface area contributed by atoms with Crippen molar-refractivity contribution < 1.29 is 4.74 Å². The molecule has 0 spiro atoms. The Balaban J connectivity index is 2.15. The molecule has 1 saturated carbocycles. The van der Waals surface area contributed by atoms with Crippen molar-refractivity contribution in [2.24, 2.45) is 5.73 Å². The lowest BCUT2D eigenvalue weighted by Gasteiger charge is -2.08. The van der Waals surface area contributed by atoms with Crippen LogP contribution in [0.5, 0.6) is 5.75 Å². The van der Waals surface area contributed by atoms with Crippen molar-refractivity contribution in [2.75, 3.05) is 7.11 Å². The van der Waals surface area contributed by atoms with Gasteiger partial charge in [0.2, 0.25) is 0 Å². The maximum atomic E-state index is 6.07. The van der Waals surface area contributed by atoms with Crippen LogP contribution in [0.1, 0.15) is 18.7 Å². The van der Waals surface area contributed by atoms with E-state index in [1.807, 2.05) is 24.4 Å². The van der Waals surface area contributed by atoms with Gasteiger partial charge in [0.25, 0.3) is 0 Å². The molecule has 0 unspecified atom stereocenters. The van der Waals surface area contributed by atoms with Gasteiger partial charge in [-0.25, -0.2) is 9.97 Å². The summed E-state index contributed by atoms with van der Waals surface area (Å²) < 4.78 is 5.17. The highest BCUT2D eigenvalue weighted by Crippen LogP contribution is 2.40. The molecular formula is C12H13N3O. The fraction of sp³-hybridized carbons (Fsp3) is 0.333. The van der Waals surface area contributed by atoms with Crippen LogP contribution in [-0.4, -0.2) is 17.1 Å². The molecular weight excluding hydrogens is 202 g/mol. The van der Waals surface area contributed by atoms with Crippen molar-refractivity contribution >= 4 is 10.9 Å². The first-order chi connectivity index (χ1) is 7.71. The highest BCUT2D eigenvalue weighted by Gasteiger charge is 2.43. The molecule has 2 N–H and O–H groups in total. The second-order valence-corrected chi connectivity index (χ2v) is 4.27. The van der Waals surface area contributed by atoms with Crippen molar-refractivity contribution in [3.63, 3.8) is 0 Å². The Morgan fingerprint density at radius 1 is 1.38 bits per heavy atom. The van der Waals surface area contributed by atoms with Crippen molar-refractivity contribution in [1.82, 2.24) is 9.97 Å². The Labute approximate surface area is 93.5 Å². The van der Waals surface area contributed by atoms with Crippen LogP contribution >= 0.6 is 0 Å². The normalized spacial score (nSPS) is 17.4. The van der Waals surface area contributed by atoms with Gasteiger partial charge in [0.05, 0.1) is 18.2 Å². The van der Waals surface area contributed by atoms with E-state index in [4.69, 9.17) is 10.5 Å². The number of rotatable bonds is 2. The van der Waals surface area contributed by atoms with Gasteiger partial charge >= 0.3 is 0 Å². The molecule has 4 heteroatoms. The molecule has 0 radical (unpaired) electrons. The minimum Gasteiger partial charge on any atom is -0.497 e. The molecule has 1 heterocycles. The summed E-state index contributed by atoms with van der Waals surface area (Å²) in [7, 11) is 1.65. The van der Waals surface area contributed by atoms with Gasteiger partial charge in [0.1, 0.15) is 11.6 Å². The Kier molecular flexibility index (Phi) is 1.88. The number of methoxy groups -OCH3 is 1. The van der Waals surface area contributed by atoms with Crippen molar-refractivity contribution in [3.8, 4) is 5.75 Å². The predicted molar refractivity (Wildman–Crippen MR) is 61.2 cm³/mol. The van der Waals surface area contributed by atoms with Gasteiger partial charge < -0.3 is 10.5 Å². The summed E-state index contributed by atoms with van der Waals surface area (Å²) in [5, 5.41) is 1.01. The topological polar surface area (TPSA) is 61.0 Å². The molecule has 3 rings (SSSR count). The Morgan fingerprint density at radius 2 is 2.19 bits per heavy atom. The molecule has 0 amide bonds. The Bertz CT molecular complexity index is 549. The van der Waals surface area contributed by atoms with Gasteiger partial charge in [-0.15, -0.1) is 0 Å². The molecule has 2 aromatic rings. The van der Waals surface area contributed by atoms with E-state index in [0.717, 1.165) is 35.3 Å². The predicted octanol–water partition coefficient (Wildman–Crippen LogP) is 1.59. The van der Waals surface area contributed by atoms with Crippen LogP contribution in [0.3, 0.4) is 0 Å². The van der Waals surface area contributed by atoms with Crippen molar-refractivity contribution in [2.45, 2.75) is 18.4 Å². The van der Waals surface area contributed by atoms with E-state index in [-0.39, 0.29) is 5.54 Å². The van der Waals surface area contributed by atoms with Gasteiger partial charge in [-0.2, -0.15) is 0 Å². The summed E-state index contributed by atoms with van der Waals surface area (Å²) in [5.74, 6) is 1.55. The third-order valence-electron chi connectivity index (χ3n) is 3.02. The number of hydrogen-bond acceptors (Lipinski definition) is 4. The standard InChI is InChI=1S/C12H13N3O/c1-16-9-3-2-8-7-14-11(12(13)4-5-12)15-10(8)6-9/h2-3,6-7H,4-5,13H2,1H3. The first-order valence-electron chi connectivity index (χ1n) is 5.31. The average molecular weight is 215 g/mol. The van der Waals surface area contributed by atoms with E-state index >= 15 is 0 Å². The van der Waals surface area contributed by atoms with Crippen LogP contribution in [0.15, 0.2) is 24.4 Å². The van der Waals surface area contributed by atoms with Crippen molar-refractivity contribution in [1.29, 1.82) is 0 Å². The number of nitrogens with two attached hydrogens (primary N) is 1. The number of ether oxygens (including phenoxy) is 1. The Hall–Kier alpha value is -1.68. The molecule has 0 atom stereocenters. The van der Waals surface area contributed by atoms with Gasteiger partial charge in [-0.3, -0.25) is 0 Å². The highest BCUT2D eigenvalue weighted by molar-refractivity contribution is 5.79. The lowest BCUT2D eigenvalue weighted by Crippen LogP contribution is -2.21. The zero-order valence-electron chi connectivity index (χ0n) is 9.10. The average Bonchev–Trinajstić information content (AvgIpc) is 3.07. The number of fused-ring (bicyclic) bond motifs is 1. The third kappa shape index (κ3) is 1.42. The molecule has 1 aliphatic carbocycles. The third-order valence-corrected chi connectivity index (χ3v) is 3.02. The molecule has 1 fully saturated rings. The fourth-order valence-electron chi connectivity index (χ4n) is 1.73. The van der Waals surface area contributed by atoms with E-state index in [2.05, 4.69) is 9.97 Å². The molecule has 4 nitrogen and oxygen atoms in total. The number of benzene rings is 1. The van der Waals surface area contributed by atoms with E-state index in [0.29, 0.717) is 0 Å². The molecule has 1 aliphatic rings. The Morgan fingerprint density at radius 3 is 2.88 bits per heavy atom. The monoisotopic (exact) mass is 215 g/mol. The first-order valence-corrected chi connectivity index (χ1v) is 5.31. The van der Waals surface area contributed by atoms with Gasteiger partial charge in [0.15, 0.2) is 0 Å². The molecule has 1 aromatic heterocycles. The van der Waals surface area contributed by atoms with Crippen molar-refractivity contribution in [3.05, 3.63) is 30.2 Å². The summed E-state index contributed by atoms with van der Waals surface area (Å²) in [6, 6.07) is 5.76. The van der Waals surface area contributed by atoms with Crippen LogP contribution in [0.25, 0.3) is 10.9 Å². The molecule has 1 aromatic carbocycles. The van der Waals surface area contributed by atoms with Crippen LogP contribution < -0.4 is 10.5 Å². The van der Waals surface area contributed by atoms with E-state index in [1.165, 1.54) is 0 Å². The molecule has 82 valence electrons. The van der Waals surface area contributed by atoms with Gasteiger partial charge in [-0.05, 0) is 25.0 Å². The molecule has 0 saturated heterocycles. The van der Waals surface area contributed by atoms with Gasteiger partial charge in [-0.1, -0.05) is 0 Å². The van der Waals surface area contributed by atoms with E-state index in [1.54, 1.807) is 7.11 Å². The zero-order valence-corrected chi connectivity index (χ0v) is 9.10. The summed E-state index contributed by atoms with van der Waals surface area (Å²) in [6.45, 7) is 0. The summed E-state index contributed by atoms with van der Waals surface area (Å²) in [4.78, 5) is 8.82. The minimum atomic E-state index is -0.280. The number of hydrogen-bond donors (Lipinski definition) is 1. The minimum absolute atomic E-state index is 0.280. The SMILES string of the molecule is COc1ccc2cnc(C3(N)CC3)nc2c1. The van der Waals surface area contributed by atoms with Crippen LogP contribution in [0, 0.1) is 0 Å². The highest BCUT2D eigenvalue weighted by atomic mass is 16.5. The lowest BCUT2D eigenvalue weighted by molar-refractivity contribution is 0.415. The molecule has 0 aliphatic heterocycles. The smallest absolute Gasteiger partial charge is 0.148 e. The largest absolute Gasteiger partial charge is 0.497 e. The molecule has 16 heavy (non-hydrogen) atoms. The van der Waals surface area contributed by atoms with E-state index < -0.39 is 0 Å². The fourth-order valence-corrected chi connectivity index (χ4v) is 1.73. The van der Waals surface area contributed by atoms with Gasteiger partial charge in [0, 0.05) is 17.6 Å². The zero-order chi connectivity index (χ0) is 11.2. The molecule has 0 bridgehead atoms. The summed E-state index contributed by atoms with van der Waals surface area (Å²) in [6.07, 6.45) is 3.77. The maximum absolute atomic E-state index is 6.07. The maximum Gasteiger partial charge on any atom is 0.148 e. The quantitative estimate of drug-likeness (QED) is 0.826.